The predicted molar refractivity (Wildman–Crippen MR) is 66.0 cm³/mol. The first-order chi connectivity index (χ1) is 8.65. The van der Waals surface area contributed by atoms with Crippen LogP contribution < -0.4 is 10.6 Å². The van der Waals surface area contributed by atoms with E-state index in [1.54, 1.807) is 13.0 Å². The van der Waals surface area contributed by atoms with Crippen LogP contribution in [0.2, 0.25) is 0 Å². The van der Waals surface area contributed by atoms with Crippen LogP contribution in [0.5, 0.6) is 0 Å². The lowest BCUT2D eigenvalue weighted by Gasteiger charge is -2.06. The van der Waals surface area contributed by atoms with Gasteiger partial charge in [0.25, 0.3) is 0 Å². The Morgan fingerprint density at radius 1 is 1.44 bits per heavy atom. The maximum atomic E-state index is 12.9. The van der Waals surface area contributed by atoms with E-state index in [0.717, 1.165) is 0 Å². The average molecular weight is 253 g/mol. The number of hydrogen-bond donors (Lipinski definition) is 3. The van der Waals surface area contributed by atoms with Gasteiger partial charge in [-0.05, 0) is 19.1 Å². The van der Waals surface area contributed by atoms with Crippen LogP contribution in [0.15, 0.2) is 18.3 Å². The fourth-order valence-corrected chi connectivity index (χ4v) is 1.51. The molecule has 0 aliphatic carbocycles. The first kappa shape index (κ1) is 12.7. The summed E-state index contributed by atoms with van der Waals surface area (Å²) in [4.78, 5) is 4.18. The molecule has 2 rings (SSSR count). The van der Waals surface area contributed by atoms with Crippen molar-refractivity contribution in [3.05, 3.63) is 24.1 Å². The predicted octanol–water partition coefficient (Wildman–Crippen LogP) is 0.251. The normalized spacial score (nSPS) is 12.8. The highest BCUT2D eigenvalue weighted by Crippen LogP contribution is 2.06. The molecule has 0 spiro atoms. The molecule has 2 aromatic rings. The second-order valence-electron chi connectivity index (χ2n) is 4.07. The maximum Gasteiger partial charge on any atom is 0.243 e. The van der Waals surface area contributed by atoms with Crippen LogP contribution in [0.1, 0.15) is 6.92 Å². The summed E-state index contributed by atoms with van der Waals surface area (Å²) in [6.45, 7) is 3.59. The lowest BCUT2D eigenvalue weighted by molar-refractivity contribution is 0.192. The van der Waals surface area contributed by atoms with Crippen molar-refractivity contribution in [2.75, 3.05) is 25.0 Å². The highest BCUT2D eigenvalue weighted by Gasteiger charge is 2.03. The van der Waals surface area contributed by atoms with E-state index in [-0.39, 0.29) is 11.9 Å². The third kappa shape index (κ3) is 3.38. The summed E-state index contributed by atoms with van der Waals surface area (Å²) in [6, 6.07) is 2.91. The Morgan fingerprint density at radius 3 is 3.06 bits per heavy atom. The number of aliphatic hydroxyl groups excluding tert-OH is 1. The molecule has 0 aliphatic rings. The second kappa shape index (κ2) is 5.74. The topological polar surface area (TPSA) is 74.5 Å². The van der Waals surface area contributed by atoms with Crippen molar-refractivity contribution in [3.8, 4) is 0 Å². The summed E-state index contributed by atoms with van der Waals surface area (Å²) in [5.41, 5.74) is 0.593. The van der Waals surface area contributed by atoms with Crippen molar-refractivity contribution in [1.29, 1.82) is 0 Å². The Balaban J connectivity index is 1.84. The molecule has 1 atom stereocenters. The van der Waals surface area contributed by atoms with Crippen LogP contribution in [-0.4, -0.2) is 45.4 Å². The van der Waals surface area contributed by atoms with Gasteiger partial charge in [0.15, 0.2) is 5.65 Å². The highest BCUT2D eigenvalue weighted by molar-refractivity contribution is 5.42. The molecule has 0 aromatic carbocycles. The third-order valence-corrected chi connectivity index (χ3v) is 2.32. The number of aromatic nitrogens is 3. The molecule has 0 bridgehead atoms. The van der Waals surface area contributed by atoms with Crippen molar-refractivity contribution in [1.82, 2.24) is 19.9 Å². The summed E-state index contributed by atoms with van der Waals surface area (Å²) in [7, 11) is 0. The smallest absolute Gasteiger partial charge is 0.243 e. The second-order valence-corrected chi connectivity index (χ2v) is 4.07. The molecule has 0 saturated heterocycles. The molecule has 0 saturated carbocycles. The number of fused-ring (bicyclic) bond motifs is 1. The summed E-state index contributed by atoms with van der Waals surface area (Å²) in [5, 5.41) is 19.2. The molecule has 0 radical (unpaired) electrons. The lowest BCUT2D eigenvalue weighted by Crippen LogP contribution is -2.29. The van der Waals surface area contributed by atoms with E-state index >= 15 is 0 Å². The summed E-state index contributed by atoms with van der Waals surface area (Å²) >= 11 is 0. The van der Waals surface area contributed by atoms with Crippen LogP contribution in [0, 0.1) is 5.82 Å². The minimum absolute atomic E-state index is 0.349. The van der Waals surface area contributed by atoms with E-state index in [1.165, 1.54) is 16.8 Å². The Kier molecular flexibility index (Phi) is 4.06. The van der Waals surface area contributed by atoms with Gasteiger partial charge in [-0.2, -0.15) is 4.98 Å². The van der Waals surface area contributed by atoms with E-state index in [4.69, 9.17) is 5.11 Å². The number of halogens is 1. The van der Waals surface area contributed by atoms with Gasteiger partial charge in [0.2, 0.25) is 5.95 Å². The number of anilines is 1. The van der Waals surface area contributed by atoms with Crippen molar-refractivity contribution in [2.24, 2.45) is 0 Å². The Labute approximate surface area is 104 Å². The van der Waals surface area contributed by atoms with E-state index in [1.807, 2.05) is 0 Å². The zero-order valence-corrected chi connectivity index (χ0v) is 10.1. The van der Waals surface area contributed by atoms with Crippen LogP contribution in [0.3, 0.4) is 0 Å². The van der Waals surface area contributed by atoms with Crippen LogP contribution in [0.4, 0.5) is 10.3 Å². The summed E-state index contributed by atoms with van der Waals surface area (Å²) in [6.07, 6.45) is 0.917. The Bertz CT molecular complexity index is 513. The SMILES string of the molecule is CC(O)CNCCNc1nc2ccc(F)cn2n1. The van der Waals surface area contributed by atoms with E-state index in [9.17, 15) is 4.39 Å². The zero-order chi connectivity index (χ0) is 13.0. The van der Waals surface area contributed by atoms with Gasteiger partial charge in [-0.3, -0.25) is 0 Å². The van der Waals surface area contributed by atoms with Gasteiger partial charge < -0.3 is 15.7 Å². The quantitative estimate of drug-likeness (QED) is 0.644. The van der Waals surface area contributed by atoms with E-state index in [2.05, 4.69) is 20.7 Å². The Hall–Kier alpha value is -1.73. The molecular formula is C11H16FN5O. The average Bonchev–Trinajstić information content (AvgIpc) is 2.70. The number of rotatable bonds is 6. The van der Waals surface area contributed by atoms with Gasteiger partial charge in [-0.15, -0.1) is 5.10 Å². The van der Waals surface area contributed by atoms with Crippen molar-refractivity contribution >= 4 is 11.6 Å². The van der Waals surface area contributed by atoms with Gasteiger partial charge in [0.05, 0.1) is 12.3 Å². The molecule has 1 unspecified atom stereocenters. The molecule has 2 aromatic heterocycles. The number of nitrogens with zero attached hydrogens (tertiary/aromatic N) is 3. The molecule has 0 aliphatic heterocycles. The standard InChI is InChI=1S/C11H16FN5O/c1-8(18)6-13-4-5-14-11-15-10-3-2-9(12)7-17(10)16-11/h2-3,7-8,13,18H,4-6H2,1H3,(H,14,16). The maximum absolute atomic E-state index is 12.9. The molecule has 3 N–H and O–H groups in total. The molecule has 0 fully saturated rings. The fourth-order valence-electron chi connectivity index (χ4n) is 1.51. The summed E-state index contributed by atoms with van der Waals surface area (Å²) in [5.74, 6) is 0.108. The van der Waals surface area contributed by atoms with E-state index < -0.39 is 0 Å². The van der Waals surface area contributed by atoms with Crippen molar-refractivity contribution in [3.63, 3.8) is 0 Å². The van der Waals surface area contributed by atoms with Crippen molar-refractivity contribution in [2.45, 2.75) is 13.0 Å². The first-order valence-corrected chi connectivity index (χ1v) is 5.80. The number of nitrogens with one attached hydrogen (secondary N) is 2. The van der Waals surface area contributed by atoms with Gasteiger partial charge in [0, 0.05) is 19.6 Å². The molecule has 2 heterocycles. The number of pyridine rings is 1. The monoisotopic (exact) mass is 253 g/mol. The van der Waals surface area contributed by atoms with Crippen molar-refractivity contribution < 1.29 is 9.50 Å². The van der Waals surface area contributed by atoms with Gasteiger partial charge >= 0.3 is 0 Å². The minimum Gasteiger partial charge on any atom is -0.392 e. The Morgan fingerprint density at radius 2 is 2.28 bits per heavy atom. The fraction of sp³-hybridized carbons (Fsp3) is 0.455. The molecule has 0 amide bonds. The minimum atomic E-state index is -0.360. The lowest BCUT2D eigenvalue weighted by atomic mass is 10.4. The van der Waals surface area contributed by atoms with Crippen LogP contribution >= 0.6 is 0 Å². The van der Waals surface area contributed by atoms with Gasteiger partial charge in [-0.25, -0.2) is 8.91 Å². The number of hydrogen-bond acceptors (Lipinski definition) is 5. The van der Waals surface area contributed by atoms with Gasteiger partial charge in [0.1, 0.15) is 5.82 Å². The van der Waals surface area contributed by atoms with Crippen LogP contribution in [-0.2, 0) is 0 Å². The zero-order valence-electron chi connectivity index (χ0n) is 10.1. The van der Waals surface area contributed by atoms with E-state index in [0.29, 0.717) is 31.2 Å². The largest absolute Gasteiger partial charge is 0.392 e. The van der Waals surface area contributed by atoms with Gasteiger partial charge in [-0.1, -0.05) is 0 Å². The molecule has 18 heavy (non-hydrogen) atoms. The molecular weight excluding hydrogens is 237 g/mol. The highest BCUT2D eigenvalue weighted by atomic mass is 19.1. The number of aliphatic hydroxyl groups is 1. The van der Waals surface area contributed by atoms with Crippen LogP contribution in [0.25, 0.3) is 5.65 Å². The molecule has 6 nitrogen and oxygen atoms in total. The summed E-state index contributed by atoms with van der Waals surface area (Å²) < 4.78 is 14.3. The molecule has 7 heteroatoms. The third-order valence-electron chi connectivity index (χ3n) is 2.32. The molecule has 98 valence electrons. The first-order valence-electron chi connectivity index (χ1n) is 5.80.